The number of alkyl halides is 3. The molecule has 0 fully saturated rings. The summed E-state index contributed by atoms with van der Waals surface area (Å²) in [5.41, 5.74) is -0.314. The maximum Gasteiger partial charge on any atom is 0.433 e. The van der Waals surface area contributed by atoms with Crippen LogP contribution in [0.3, 0.4) is 0 Å². The largest absolute Gasteiger partial charge is 0.477 e. The second-order valence-electron chi connectivity index (χ2n) is 4.02. The van der Waals surface area contributed by atoms with E-state index in [-0.39, 0.29) is 11.8 Å². The maximum absolute atomic E-state index is 12.4. The summed E-state index contributed by atoms with van der Waals surface area (Å²) in [5.74, 6) is 0.305. The molecule has 1 rings (SSSR count). The number of aromatic nitrogens is 1. The molecule has 0 amide bonds. The van der Waals surface area contributed by atoms with Crippen molar-refractivity contribution in [2.24, 2.45) is 5.92 Å². The van der Waals surface area contributed by atoms with Gasteiger partial charge in [0.2, 0.25) is 5.88 Å². The molecule has 0 aliphatic heterocycles. The van der Waals surface area contributed by atoms with Crippen LogP contribution in [0.15, 0.2) is 12.1 Å². The fourth-order valence-corrected chi connectivity index (χ4v) is 1.06. The highest BCUT2D eigenvalue weighted by Crippen LogP contribution is 2.29. The van der Waals surface area contributed by atoms with E-state index >= 15 is 0 Å². The number of pyridine rings is 1. The van der Waals surface area contributed by atoms with Crippen LogP contribution in [-0.2, 0) is 6.18 Å². The molecular formula is C11H14F3NO. The molecule has 0 radical (unpaired) electrons. The van der Waals surface area contributed by atoms with Gasteiger partial charge in [0.1, 0.15) is 5.69 Å². The lowest BCUT2D eigenvalue weighted by Crippen LogP contribution is -2.12. The predicted molar refractivity (Wildman–Crippen MR) is 54.3 cm³/mol. The summed E-state index contributed by atoms with van der Waals surface area (Å²) in [5, 5.41) is 0. The van der Waals surface area contributed by atoms with Crippen molar-refractivity contribution in [3.63, 3.8) is 0 Å². The average Bonchev–Trinajstić information content (AvgIpc) is 2.14. The zero-order valence-corrected chi connectivity index (χ0v) is 9.43. The van der Waals surface area contributed by atoms with Crippen LogP contribution in [0, 0.1) is 12.8 Å². The van der Waals surface area contributed by atoms with Gasteiger partial charge in [-0.2, -0.15) is 13.2 Å². The van der Waals surface area contributed by atoms with E-state index in [0.717, 1.165) is 6.07 Å². The third-order valence-electron chi connectivity index (χ3n) is 1.89. The van der Waals surface area contributed by atoms with Crippen LogP contribution < -0.4 is 4.74 Å². The van der Waals surface area contributed by atoms with Gasteiger partial charge in [-0.15, -0.1) is 0 Å². The summed E-state index contributed by atoms with van der Waals surface area (Å²) in [6.07, 6.45) is -4.43. The molecule has 0 aliphatic carbocycles. The van der Waals surface area contributed by atoms with E-state index in [1.165, 1.54) is 6.07 Å². The van der Waals surface area contributed by atoms with Gasteiger partial charge >= 0.3 is 6.18 Å². The summed E-state index contributed by atoms with van der Waals surface area (Å²) < 4.78 is 42.4. The summed E-state index contributed by atoms with van der Waals surface area (Å²) in [6.45, 7) is 5.86. The van der Waals surface area contributed by atoms with Crippen LogP contribution in [0.2, 0.25) is 0 Å². The number of nitrogens with zero attached hydrogens (tertiary/aromatic N) is 1. The average molecular weight is 233 g/mol. The first kappa shape index (κ1) is 12.8. The summed E-state index contributed by atoms with van der Waals surface area (Å²) in [4.78, 5) is 3.47. The first-order valence-corrected chi connectivity index (χ1v) is 4.98. The summed E-state index contributed by atoms with van der Waals surface area (Å²) in [6, 6.07) is 2.32. The van der Waals surface area contributed by atoms with Gasteiger partial charge in [0.25, 0.3) is 0 Å². The Balaban J connectivity index is 2.91. The van der Waals surface area contributed by atoms with Crippen molar-refractivity contribution >= 4 is 0 Å². The number of ether oxygens (including phenoxy) is 1. The quantitative estimate of drug-likeness (QED) is 0.797. The molecule has 5 heteroatoms. The number of hydrogen-bond donors (Lipinski definition) is 0. The van der Waals surface area contributed by atoms with Gasteiger partial charge in [0, 0.05) is 5.56 Å². The van der Waals surface area contributed by atoms with E-state index < -0.39 is 11.9 Å². The topological polar surface area (TPSA) is 22.1 Å². The second-order valence-corrected chi connectivity index (χ2v) is 4.02. The van der Waals surface area contributed by atoms with E-state index in [1.807, 2.05) is 13.8 Å². The van der Waals surface area contributed by atoms with Gasteiger partial charge in [-0.05, 0) is 18.9 Å². The highest BCUT2D eigenvalue weighted by atomic mass is 19.4. The van der Waals surface area contributed by atoms with E-state index in [1.54, 1.807) is 6.92 Å². The monoisotopic (exact) mass is 233 g/mol. The van der Waals surface area contributed by atoms with E-state index in [4.69, 9.17) is 4.74 Å². The first-order valence-electron chi connectivity index (χ1n) is 4.98. The van der Waals surface area contributed by atoms with Crippen molar-refractivity contribution in [1.82, 2.24) is 4.98 Å². The lowest BCUT2D eigenvalue weighted by atomic mass is 10.2. The van der Waals surface area contributed by atoms with Crippen molar-refractivity contribution in [2.45, 2.75) is 26.9 Å². The molecule has 2 nitrogen and oxygen atoms in total. The number of hydrogen-bond acceptors (Lipinski definition) is 2. The van der Waals surface area contributed by atoms with Gasteiger partial charge in [0.15, 0.2) is 0 Å². The van der Waals surface area contributed by atoms with Gasteiger partial charge in [-0.25, -0.2) is 4.98 Å². The van der Waals surface area contributed by atoms with Crippen molar-refractivity contribution in [1.29, 1.82) is 0 Å². The standard InChI is InChI=1S/C11H14F3NO/c1-7(2)6-16-10-8(3)4-5-9(15-10)11(12,13)14/h4-5,7H,6H2,1-3H3. The van der Waals surface area contributed by atoms with Gasteiger partial charge in [0.05, 0.1) is 6.61 Å². The minimum absolute atomic E-state index is 0.0588. The fourth-order valence-electron chi connectivity index (χ4n) is 1.06. The zero-order valence-electron chi connectivity index (χ0n) is 9.43. The third kappa shape index (κ3) is 3.40. The van der Waals surface area contributed by atoms with Crippen LogP contribution in [0.4, 0.5) is 13.2 Å². The predicted octanol–water partition coefficient (Wildman–Crippen LogP) is 3.44. The lowest BCUT2D eigenvalue weighted by molar-refractivity contribution is -0.141. The molecule has 1 aromatic heterocycles. The molecule has 0 unspecified atom stereocenters. The van der Waals surface area contributed by atoms with Gasteiger partial charge in [-0.1, -0.05) is 19.9 Å². The van der Waals surface area contributed by atoms with Crippen LogP contribution in [-0.4, -0.2) is 11.6 Å². The lowest BCUT2D eigenvalue weighted by Gasteiger charge is -2.12. The molecule has 0 bridgehead atoms. The SMILES string of the molecule is Cc1ccc(C(F)(F)F)nc1OCC(C)C. The zero-order chi connectivity index (χ0) is 12.3. The van der Waals surface area contributed by atoms with Crippen molar-refractivity contribution < 1.29 is 17.9 Å². The van der Waals surface area contributed by atoms with E-state index in [2.05, 4.69) is 4.98 Å². The van der Waals surface area contributed by atoms with E-state index in [0.29, 0.717) is 12.2 Å². The number of rotatable bonds is 3. The van der Waals surface area contributed by atoms with Crippen molar-refractivity contribution in [2.75, 3.05) is 6.61 Å². The molecule has 1 aromatic rings. The summed E-state index contributed by atoms with van der Waals surface area (Å²) in [7, 11) is 0. The summed E-state index contributed by atoms with van der Waals surface area (Å²) >= 11 is 0. The smallest absolute Gasteiger partial charge is 0.433 e. The Bertz CT molecular complexity index is 361. The molecule has 0 saturated carbocycles. The molecule has 90 valence electrons. The van der Waals surface area contributed by atoms with Crippen LogP contribution in [0.25, 0.3) is 0 Å². The fraction of sp³-hybridized carbons (Fsp3) is 0.545. The number of aryl methyl sites for hydroxylation is 1. The molecular weight excluding hydrogens is 219 g/mol. The number of halogens is 3. The second kappa shape index (κ2) is 4.72. The maximum atomic E-state index is 12.4. The van der Waals surface area contributed by atoms with Crippen molar-refractivity contribution in [3.8, 4) is 5.88 Å². The molecule has 0 aliphatic rings. The normalized spacial score (nSPS) is 11.9. The molecule has 0 atom stereocenters. The first-order chi connectivity index (χ1) is 7.30. The highest BCUT2D eigenvalue weighted by Gasteiger charge is 2.33. The Kier molecular flexibility index (Phi) is 3.78. The Labute approximate surface area is 92.5 Å². The van der Waals surface area contributed by atoms with Crippen LogP contribution >= 0.6 is 0 Å². The Morgan fingerprint density at radius 2 is 1.94 bits per heavy atom. The van der Waals surface area contributed by atoms with E-state index in [9.17, 15) is 13.2 Å². The molecule has 0 N–H and O–H groups in total. The Morgan fingerprint density at radius 1 is 1.31 bits per heavy atom. The Hall–Kier alpha value is -1.26. The Morgan fingerprint density at radius 3 is 2.44 bits per heavy atom. The van der Waals surface area contributed by atoms with Gasteiger partial charge in [-0.3, -0.25) is 0 Å². The highest BCUT2D eigenvalue weighted by molar-refractivity contribution is 5.27. The van der Waals surface area contributed by atoms with Crippen molar-refractivity contribution in [3.05, 3.63) is 23.4 Å². The molecule has 0 aromatic carbocycles. The van der Waals surface area contributed by atoms with Gasteiger partial charge < -0.3 is 4.74 Å². The third-order valence-corrected chi connectivity index (χ3v) is 1.89. The molecule has 1 heterocycles. The molecule has 0 spiro atoms. The van der Waals surface area contributed by atoms with Crippen LogP contribution in [0.5, 0.6) is 5.88 Å². The minimum atomic E-state index is -4.43. The van der Waals surface area contributed by atoms with Crippen LogP contribution in [0.1, 0.15) is 25.1 Å². The molecule has 0 saturated heterocycles. The minimum Gasteiger partial charge on any atom is -0.477 e. The molecule has 16 heavy (non-hydrogen) atoms.